The Labute approximate surface area is 107 Å². The van der Waals surface area contributed by atoms with Crippen molar-refractivity contribution in [2.24, 2.45) is 0 Å². The van der Waals surface area contributed by atoms with Crippen LogP contribution >= 0.6 is 15.9 Å². The minimum atomic E-state index is 1.02. The number of nitrogens with one attached hydrogen (secondary N) is 1. The van der Waals surface area contributed by atoms with Gasteiger partial charge in [0.1, 0.15) is 5.82 Å². The number of aromatic nitrogens is 2. The lowest BCUT2D eigenvalue weighted by molar-refractivity contribution is 0.556. The molecule has 0 atom stereocenters. The van der Waals surface area contributed by atoms with Gasteiger partial charge in [-0.2, -0.15) is 0 Å². The van der Waals surface area contributed by atoms with Crippen LogP contribution in [0.5, 0.6) is 0 Å². The summed E-state index contributed by atoms with van der Waals surface area (Å²) < 4.78 is 2.18. The zero-order valence-electron chi connectivity index (χ0n) is 10.1. The van der Waals surface area contributed by atoms with Gasteiger partial charge in [-0.05, 0) is 26.3 Å². The summed E-state index contributed by atoms with van der Waals surface area (Å²) in [5, 5.41) is 4.61. The Balaban J connectivity index is 1.91. The molecule has 1 aromatic heterocycles. The zero-order chi connectivity index (χ0) is 11.6. The van der Waals surface area contributed by atoms with Crippen molar-refractivity contribution < 1.29 is 0 Å². The van der Waals surface area contributed by atoms with Gasteiger partial charge in [0.05, 0.1) is 0 Å². The van der Waals surface area contributed by atoms with Crippen LogP contribution in [0.15, 0.2) is 12.4 Å². The van der Waals surface area contributed by atoms with E-state index in [4.69, 9.17) is 0 Å². The standard InChI is InChI=1S/C12H22BrN3/c1-12-15-9-11-16(12)10-8-14-7-5-3-2-4-6-13/h9,11,14H,2-8,10H2,1H3. The number of aryl methyl sites for hydroxylation is 1. The summed E-state index contributed by atoms with van der Waals surface area (Å²) in [6, 6.07) is 0. The topological polar surface area (TPSA) is 29.9 Å². The Morgan fingerprint density at radius 2 is 2.06 bits per heavy atom. The third kappa shape index (κ3) is 5.66. The maximum Gasteiger partial charge on any atom is 0.105 e. The van der Waals surface area contributed by atoms with Crippen molar-refractivity contribution in [2.75, 3.05) is 18.4 Å². The lowest BCUT2D eigenvalue weighted by Crippen LogP contribution is -2.21. The molecule has 0 unspecified atom stereocenters. The second-order valence-corrected chi connectivity index (χ2v) is 4.81. The quantitative estimate of drug-likeness (QED) is 0.559. The molecule has 0 aliphatic heterocycles. The maximum atomic E-state index is 4.20. The van der Waals surface area contributed by atoms with Crippen LogP contribution < -0.4 is 5.32 Å². The van der Waals surface area contributed by atoms with E-state index in [0.29, 0.717) is 0 Å². The molecule has 0 aliphatic carbocycles. The third-order valence-corrected chi connectivity index (χ3v) is 3.25. The fourth-order valence-electron chi connectivity index (χ4n) is 1.66. The molecular formula is C12H22BrN3. The SMILES string of the molecule is Cc1nccn1CCNCCCCCCBr. The van der Waals surface area contributed by atoms with Gasteiger partial charge in [-0.25, -0.2) is 4.98 Å². The Kier molecular flexibility index (Phi) is 7.51. The van der Waals surface area contributed by atoms with Crippen LogP contribution in [-0.4, -0.2) is 28.0 Å². The minimum absolute atomic E-state index is 1.02. The molecule has 0 saturated carbocycles. The molecule has 1 N–H and O–H groups in total. The van der Waals surface area contributed by atoms with E-state index in [0.717, 1.165) is 30.8 Å². The molecule has 3 nitrogen and oxygen atoms in total. The first-order valence-corrected chi connectivity index (χ1v) is 7.21. The highest BCUT2D eigenvalue weighted by molar-refractivity contribution is 9.09. The first-order valence-electron chi connectivity index (χ1n) is 6.09. The summed E-state index contributed by atoms with van der Waals surface area (Å²) in [6.45, 7) is 5.24. The lowest BCUT2D eigenvalue weighted by Gasteiger charge is -2.06. The van der Waals surface area contributed by atoms with Crippen LogP contribution in [0.4, 0.5) is 0 Å². The van der Waals surface area contributed by atoms with Gasteiger partial charge in [0.25, 0.3) is 0 Å². The van der Waals surface area contributed by atoms with Crippen LogP contribution in [0.25, 0.3) is 0 Å². The number of imidazole rings is 1. The number of alkyl halides is 1. The number of unbranched alkanes of at least 4 members (excludes halogenated alkanes) is 3. The van der Waals surface area contributed by atoms with Crippen molar-refractivity contribution in [3.05, 3.63) is 18.2 Å². The molecule has 0 aliphatic rings. The van der Waals surface area contributed by atoms with Crippen molar-refractivity contribution in [3.8, 4) is 0 Å². The summed E-state index contributed by atoms with van der Waals surface area (Å²) in [4.78, 5) is 4.20. The van der Waals surface area contributed by atoms with Gasteiger partial charge in [0.2, 0.25) is 0 Å². The van der Waals surface area contributed by atoms with Gasteiger partial charge in [-0.1, -0.05) is 28.8 Å². The molecule has 0 fully saturated rings. The number of halogens is 1. The van der Waals surface area contributed by atoms with E-state index in [9.17, 15) is 0 Å². The number of hydrogen-bond donors (Lipinski definition) is 1. The van der Waals surface area contributed by atoms with Crippen LogP contribution in [0, 0.1) is 6.92 Å². The second kappa shape index (κ2) is 8.76. The Morgan fingerprint density at radius 3 is 2.75 bits per heavy atom. The molecule has 1 rings (SSSR count). The Hall–Kier alpha value is -0.350. The summed E-state index contributed by atoms with van der Waals surface area (Å²) >= 11 is 3.45. The maximum absolute atomic E-state index is 4.20. The first-order chi connectivity index (χ1) is 7.84. The minimum Gasteiger partial charge on any atom is -0.334 e. The number of nitrogens with zero attached hydrogens (tertiary/aromatic N) is 2. The molecule has 0 aromatic carbocycles. The number of hydrogen-bond acceptors (Lipinski definition) is 2. The van der Waals surface area contributed by atoms with Crippen LogP contribution in [-0.2, 0) is 6.54 Å². The van der Waals surface area contributed by atoms with E-state index in [-0.39, 0.29) is 0 Å². The van der Waals surface area contributed by atoms with E-state index >= 15 is 0 Å². The average Bonchev–Trinajstić information content (AvgIpc) is 2.68. The predicted octanol–water partition coefficient (Wildman–Crippen LogP) is 2.74. The van der Waals surface area contributed by atoms with E-state index in [2.05, 4.69) is 30.8 Å². The fourth-order valence-corrected chi connectivity index (χ4v) is 2.06. The van der Waals surface area contributed by atoms with Gasteiger partial charge in [0.15, 0.2) is 0 Å². The van der Waals surface area contributed by atoms with Crippen molar-refractivity contribution in [1.82, 2.24) is 14.9 Å². The molecule has 0 amide bonds. The third-order valence-electron chi connectivity index (χ3n) is 2.69. The molecule has 1 heterocycles. The first kappa shape index (κ1) is 13.7. The molecule has 0 saturated heterocycles. The zero-order valence-corrected chi connectivity index (χ0v) is 11.7. The van der Waals surface area contributed by atoms with E-state index in [1.807, 2.05) is 19.3 Å². The monoisotopic (exact) mass is 287 g/mol. The van der Waals surface area contributed by atoms with Crippen molar-refractivity contribution in [2.45, 2.75) is 39.2 Å². The van der Waals surface area contributed by atoms with E-state index < -0.39 is 0 Å². The summed E-state index contributed by atoms with van der Waals surface area (Å²) in [7, 11) is 0. The van der Waals surface area contributed by atoms with Gasteiger partial charge < -0.3 is 9.88 Å². The summed E-state index contributed by atoms with van der Waals surface area (Å²) in [5.41, 5.74) is 0. The highest BCUT2D eigenvalue weighted by Gasteiger charge is 1.95. The Morgan fingerprint density at radius 1 is 1.25 bits per heavy atom. The van der Waals surface area contributed by atoms with Crippen molar-refractivity contribution in [1.29, 1.82) is 0 Å². The van der Waals surface area contributed by atoms with Gasteiger partial charge in [-0.15, -0.1) is 0 Å². The predicted molar refractivity (Wildman–Crippen MR) is 72.1 cm³/mol. The lowest BCUT2D eigenvalue weighted by atomic mass is 10.2. The van der Waals surface area contributed by atoms with Gasteiger partial charge in [-0.3, -0.25) is 0 Å². The molecule has 92 valence electrons. The summed E-state index contributed by atoms with van der Waals surface area (Å²) in [5.74, 6) is 1.10. The largest absolute Gasteiger partial charge is 0.334 e. The van der Waals surface area contributed by atoms with Crippen molar-refractivity contribution in [3.63, 3.8) is 0 Å². The molecule has 1 aromatic rings. The Bertz CT molecular complexity index is 273. The fraction of sp³-hybridized carbons (Fsp3) is 0.750. The van der Waals surface area contributed by atoms with Crippen LogP contribution in [0.2, 0.25) is 0 Å². The van der Waals surface area contributed by atoms with Crippen molar-refractivity contribution >= 4 is 15.9 Å². The van der Waals surface area contributed by atoms with E-state index in [1.54, 1.807) is 0 Å². The van der Waals surface area contributed by atoms with E-state index in [1.165, 1.54) is 25.7 Å². The molecule has 16 heavy (non-hydrogen) atoms. The molecule has 0 bridgehead atoms. The smallest absolute Gasteiger partial charge is 0.105 e. The summed E-state index contributed by atoms with van der Waals surface area (Å²) in [6.07, 6.45) is 9.16. The molecular weight excluding hydrogens is 266 g/mol. The molecule has 4 heteroatoms. The highest BCUT2D eigenvalue weighted by atomic mass is 79.9. The normalized spacial score (nSPS) is 10.9. The second-order valence-electron chi connectivity index (χ2n) is 4.02. The van der Waals surface area contributed by atoms with Gasteiger partial charge in [0, 0.05) is 30.8 Å². The van der Waals surface area contributed by atoms with Crippen LogP contribution in [0.1, 0.15) is 31.5 Å². The average molecular weight is 288 g/mol. The molecule has 0 spiro atoms. The highest BCUT2D eigenvalue weighted by Crippen LogP contribution is 2.00. The number of rotatable bonds is 9. The van der Waals surface area contributed by atoms with Gasteiger partial charge >= 0.3 is 0 Å². The van der Waals surface area contributed by atoms with Crippen LogP contribution in [0.3, 0.4) is 0 Å². The molecule has 0 radical (unpaired) electrons.